The maximum Gasteiger partial charge on any atom is 0.297 e. The number of hydrogen-bond donors (Lipinski definition) is 1. The molecule has 0 aliphatic rings. The predicted molar refractivity (Wildman–Crippen MR) is 116 cm³/mol. The number of pyridine rings is 1. The van der Waals surface area contributed by atoms with Crippen LogP contribution in [0.2, 0.25) is 0 Å². The highest BCUT2D eigenvalue weighted by atomic mass is 16.5. The second-order valence-electron chi connectivity index (χ2n) is 7.14. The minimum absolute atomic E-state index is 0.00268. The van der Waals surface area contributed by atoms with Crippen LogP contribution in [0.15, 0.2) is 53.3 Å². The molecular formula is C24H29NO4. The molecule has 5 nitrogen and oxygen atoms in total. The highest BCUT2D eigenvalue weighted by Crippen LogP contribution is 2.34. The lowest BCUT2D eigenvalue weighted by atomic mass is 10.1. The van der Waals surface area contributed by atoms with Crippen LogP contribution in [0.25, 0.3) is 10.9 Å². The minimum atomic E-state index is -0.315. The molecule has 1 aromatic heterocycles. The summed E-state index contributed by atoms with van der Waals surface area (Å²) in [6, 6.07) is 15.1. The molecule has 0 radical (unpaired) electrons. The number of hydrogen-bond acceptors (Lipinski definition) is 4. The Kier molecular flexibility index (Phi) is 7.17. The van der Waals surface area contributed by atoms with E-state index in [1.165, 1.54) is 0 Å². The van der Waals surface area contributed by atoms with E-state index in [1.54, 1.807) is 10.6 Å². The Morgan fingerprint density at radius 2 is 1.72 bits per heavy atom. The molecule has 2 aromatic carbocycles. The fourth-order valence-corrected chi connectivity index (χ4v) is 3.21. The van der Waals surface area contributed by atoms with Crippen molar-refractivity contribution in [1.82, 2.24) is 4.57 Å². The summed E-state index contributed by atoms with van der Waals surface area (Å²) in [4.78, 5) is 13.1. The van der Waals surface area contributed by atoms with E-state index in [0.29, 0.717) is 29.8 Å². The number of aryl methyl sites for hydroxylation is 1. The van der Waals surface area contributed by atoms with Crippen LogP contribution >= 0.6 is 0 Å². The molecule has 0 saturated carbocycles. The third-order valence-corrected chi connectivity index (χ3v) is 4.90. The van der Waals surface area contributed by atoms with Gasteiger partial charge in [-0.05, 0) is 30.5 Å². The molecule has 3 rings (SSSR count). The standard InChI is InChI=1S/C24H29NO4/c1-3-5-14-25-21-16-19(28-15-6-4-2)12-13-20(21)22(26)23(24(25)27)29-17-18-10-8-7-9-11-18/h7-13,16,26H,3-6,14-15,17H2,1-2H3. The van der Waals surface area contributed by atoms with E-state index < -0.39 is 0 Å². The van der Waals surface area contributed by atoms with Crippen molar-refractivity contribution in [3.8, 4) is 17.2 Å². The second-order valence-corrected chi connectivity index (χ2v) is 7.14. The fraction of sp³-hybridized carbons (Fsp3) is 0.375. The summed E-state index contributed by atoms with van der Waals surface area (Å²) in [7, 11) is 0. The van der Waals surface area contributed by atoms with Crippen LogP contribution in [0, 0.1) is 0 Å². The first kappa shape index (κ1) is 20.8. The van der Waals surface area contributed by atoms with Crippen LogP contribution in [0.4, 0.5) is 0 Å². The number of rotatable bonds is 10. The summed E-state index contributed by atoms with van der Waals surface area (Å²) >= 11 is 0. The zero-order chi connectivity index (χ0) is 20.6. The van der Waals surface area contributed by atoms with Crippen LogP contribution < -0.4 is 15.0 Å². The SMILES string of the molecule is CCCCOc1ccc2c(O)c(OCc3ccccc3)c(=O)n(CCCC)c2c1. The van der Waals surface area contributed by atoms with E-state index in [4.69, 9.17) is 9.47 Å². The molecule has 0 fully saturated rings. The van der Waals surface area contributed by atoms with E-state index in [2.05, 4.69) is 13.8 Å². The first-order chi connectivity index (χ1) is 14.2. The maximum atomic E-state index is 13.1. The largest absolute Gasteiger partial charge is 0.504 e. The topological polar surface area (TPSA) is 60.7 Å². The van der Waals surface area contributed by atoms with Crippen LogP contribution in [-0.2, 0) is 13.2 Å². The molecule has 3 aromatic rings. The molecule has 0 atom stereocenters. The fourth-order valence-electron chi connectivity index (χ4n) is 3.21. The summed E-state index contributed by atoms with van der Waals surface area (Å²) in [5.41, 5.74) is 1.29. The van der Waals surface area contributed by atoms with Crippen molar-refractivity contribution in [3.63, 3.8) is 0 Å². The molecule has 0 bridgehead atoms. The number of unbranched alkanes of at least 4 members (excludes halogenated alkanes) is 2. The summed E-state index contributed by atoms with van der Waals surface area (Å²) in [6.45, 7) is 5.61. The quantitative estimate of drug-likeness (QED) is 0.475. The first-order valence-corrected chi connectivity index (χ1v) is 10.3. The lowest BCUT2D eigenvalue weighted by Gasteiger charge is -2.16. The van der Waals surface area contributed by atoms with E-state index in [0.717, 1.165) is 31.2 Å². The van der Waals surface area contributed by atoms with Crippen molar-refractivity contribution < 1.29 is 14.6 Å². The molecule has 29 heavy (non-hydrogen) atoms. The molecule has 1 N–H and O–H groups in total. The number of nitrogens with zero attached hydrogens (tertiary/aromatic N) is 1. The van der Waals surface area contributed by atoms with Crippen LogP contribution in [0.3, 0.4) is 0 Å². The van der Waals surface area contributed by atoms with E-state index in [-0.39, 0.29) is 23.7 Å². The van der Waals surface area contributed by atoms with Gasteiger partial charge in [0.2, 0.25) is 5.75 Å². The predicted octanol–water partition coefficient (Wildman–Crippen LogP) is 5.27. The van der Waals surface area contributed by atoms with Crippen molar-refractivity contribution in [1.29, 1.82) is 0 Å². The maximum absolute atomic E-state index is 13.1. The Hall–Kier alpha value is -2.95. The molecule has 0 aliphatic heterocycles. The second kappa shape index (κ2) is 10.0. The van der Waals surface area contributed by atoms with Gasteiger partial charge >= 0.3 is 0 Å². The van der Waals surface area contributed by atoms with Crippen molar-refractivity contribution in [2.45, 2.75) is 52.7 Å². The van der Waals surface area contributed by atoms with Crippen LogP contribution in [-0.4, -0.2) is 16.3 Å². The lowest BCUT2D eigenvalue weighted by Crippen LogP contribution is -2.23. The van der Waals surface area contributed by atoms with E-state index >= 15 is 0 Å². The van der Waals surface area contributed by atoms with Gasteiger partial charge in [0.05, 0.1) is 12.1 Å². The van der Waals surface area contributed by atoms with Gasteiger partial charge < -0.3 is 19.1 Å². The smallest absolute Gasteiger partial charge is 0.297 e. The Morgan fingerprint density at radius 1 is 0.966 bits per heavy atom. The number of aromatic hydroxyl groups is 1. The minimum Gasteiger partial charge on any atom is -0.504 e. The third kappa shape index (κ3) is 4.91. The number of aromatic nitrogens is 1. The van der Waals surface area contributed by atoms with Crippen LogP contribution in [0.1, 0.15) is 45.1 Å². The van der Waals surface area contributed by atoms with Gasteiger partial charge in [0, 0.05) is 18.0 Å². The first-order valence-electron chi connectivity index (χ1n) is 10.3. The monoisotopic (exact) mass is 395 g/mol. The molecule has 5 heteroatoms. The lowest BCUT2D eigenvalue weighted by molar-refractivity contribution is 0.283. The van der Waals surface area contributed by atoms with Crippen molar-refractivity contribution in [2.75, 3.05) is 6.61 Å². The van der Waals surface area contributed by atoms with Gasteiger partial charge in [-0.15, -0.1) is 0 Å². The van der Waals surface area contributed by atoms with Crippen molar-refractivity contribution >= 4 is 10.9 Å². The molecule has 1 heterocycles. The molecule has 154 valence electrons. The number of benzene rings is 2. The summed E-state index contributed by atoms with van der Waals surface area (Å²) in [6.07, 6.45) is 3.84. The molecule has 0 amide bonds. The van der Waals surface area contributed by atoms with Crippen LogP contribution in [0.5, 0.6) is 17.2 Å². The number of fused-ring (bicyclic) bond motifs is 1. The van der Waals surface area contributed by atoms with Gasteiger partial charge in [0.15, 0.2) is 5.75 Å². The van der Waals surface area contributed by atoms with Gasteiger partial charge in [-0.3, -0.25) is 4.79 Å². The molecule has 0 aliphatic carbocycles. The summed E-state index contributed by atoms with van der Waals surface area (Å²) in [5.74, 6) is 0.582. The number of ether oxygens (including phenoxy) is 2. The molecule has 0 spiro atoms. The zero-order valence-corrected chi connectivity index (χ0v) is 17.2. The molecule has 0 unspecified atom stereocenters. The van der Waals surface area contributed by atoms with Crippen molar-refractivity contribution in [2.24, 2.45) is 0 Å². The highest BCUT2D eigenvalue weighted by Gasteiger charge is 2.18. The Bertz CT molecular complexity index is 995. The van der Waals surface area contributed by atoms with Gasteiger partial charge in [-0.25, -0.2) is 0 Å². The molecule has 0 saturated heterocycles. The zero-order valence-electron chi connectivity index (χ0n) is 17.2. The average Bonchev–Trinajstić information content (AvgIpc) is 2.74. The highest BCUT2D eigenvalue weighted by molar-refractivity contribution is 5.88. The normalized spacial score (nSPS) is 11.0. The Labute approximate surface area is 171 Å². The Balaban J connectivity index is 2.00. The Morgan fingerprint density at radius 3 is 2.45 bits per heavy atom. The van der Waals surface area contributed by atoms with Gasteiger partial charge in [-0.2, -0.15) is 0 Å². The summed E-state index contributed by atoms with van der Waals surface area (Å²) in [5, 5.41) is 11.4. The van der Waals surface area contributed by atoms with Gasteiger partial charge in [0.1, 0.15) is 12.4 Å². The van der Waals surface area contributed by atoms with Gasteiger partial charge in [0.25, 0.3) is 5.56 Å². The summed E-state index contributed by atoms with van der Waals surface area (Å²) < 4.78 is 13.3. The third-order valence-electron chi connectivity index (χ3n) is 4.90. The van der Waals surface area contributed by atoms with Gasteiger partial charge in [-0.1, -0.05) is 57.0 Å². The van der Waals surface area contributed by atoms with E-state index in [9.17, 15) is 9.90 Å². The van der Waals surface area contributed by atoms with E-state index in [1.807, 2.05) is 42.5 Å². The van der Waals surface area contributed by atoms with Crippen molar-refractivity contribution in [3.05, 3.63) is 64.4 Å². The molecular weight excluding hydrogens is 366 g/mol. The average molecular weight is 395 g/mol.